The first-order valence-electron chi connectivity index (χ1n) is 7.63. The zero-order valence-electron chi connectivity index (χ0n) is 13.2. The lowest BCUT2D eigenvalue weighted by molar-refractivity contribution is 0.389. The smallest absolute Gasteiger partial charge is 0.122 e. The lowest BCUT2D eigenvalue weighted by Crippen LogP contribution is -2.29. The van der Waals surface area contributed by atoms with Crippen LogP contribution in [0.3, 0.4) is 0 Å². The van der Waals surface area contributed by atoms with Gasteiger partial charge < -0.3 is 10.1 Å². The van der Waals surface area contributed by atoms with Crippen LogP contribution in [-0.4, -0.2) is 25.2 Å². The molecule has 2 unspecified atom stereocenters. The fourth-order valence-electron chi connectivity index (χ4n) is 3.01. The minimum Gasteiger partial charge on any atom is -0.496 e. The molecule has 0 aliphatic carbocycles. The van der Waals surface area contributed by atoms with Crippen LogP contribution in [0.25, 0.3) is 0 Å². The zero-order valence-corrected chi connectivity index (χ0v) is 14.0. The van der Waals surface area contributed by atoms with Crippen LogP contribution in [0.2, 0.25) is 0 Å². The van der Waals surface area contributed by atoms with Crippen molar-refractivity contribution < 1.29 is 4.74 Å². The summed E-state index contributed by atoms with van der Waals surface area (Å²) in [6.07, 6.45) is 2.51. The van der Waals surface area contributed by atoms with Gasteiger partial charge >= 0.3 is 0 Å². The number of benzene rings is 1. The van der Waals surface area contributed by atoms with Crippen molar-refractivity contribution in [2.45, 2.75) is 39.7 Å². The molecule has 2 rings (SSSR count). The second-order valence-corrected chi connectivity index (χ2v) is 6.88. The summed E-state index contributed by atoms with van der Waals surface area (Å²) in [4.78, 5) is 0. The zero-order chi connectivity index (χ0) is 14.5. The molecule has 1 saturated heterocycles. The van der Waals surface area contributed by atoms with Gasteiger partial charge in [-0.2, -0.15) is 11.8 Å². The van der Waals surface area contributed by atoms with E-state index in [1.54, 1.807) is 7.11 Å². The van der Waals surface area contributed by atoms with Gasteiger partial charge in [0.25, 0.3) is 0 Å². The van der Waals surface area contributed by atoms with E-state index in [1.165, 1.54) is 41.0 Å². The van der Waals surface area contributed by atoms with Crippen LogP contribution in [0.1, 0.15) is 42.5 Å². The predicted octanol–water partition coefficient (Wildman–Crippen LogP) is 4.11. The highest BCUT2D eigenvalue weighted by Crippen LogP contribution is 2.37. The highest BCUT2D eigenvalue weighted by molar-refractivity contribution is 7.99. The van der Waals surface area contributed by atoms with Crippen molar-refractivity contribution in [1.82, 2.24) is 5.32 Å². The molecule has 0 spiro atoms. The van der Waals surface area contributed by atoms with Gasteiger partial charge in [-0.05, 0) is 73.4 Å². The normalized spacial score (nSPS) is 20.1. The summed E-state index contributed by atoms with van der Waals surface area (Å²) in [5.41, 5.74) is 4.05. The number of hydrogen-bond acceptors (Lipinski definition) is 3. The summed E-state index contributed by atoms with van der Waals surface area (Å²) in [5.74, 6) is 4.36. The monoisotopic (exact) mass is 293 g/mol. The fraction of sp³-hybridized carbons (Fsp3) is 0.647. The molecular formula is C17H27NOS. The molecule has 2 nitrogen and oxygen atoms in total. The van der Waals surface area contributed by atoms with E-state index in [0.717, 1.165) is 18.2 Å². The predicted molar refractivity (Wildman–Crippen MR) is 88.9 cm³/mol. The molecule has 20 heavy (non-hydrogen) atoms. The van der Waals surface area contributed by atoms with E-state index in [-0.39, 0.29) is 0 Å². The van der Waals surface area contributed by atoms with E-state index < -0.39 is 0 Å². The van der Waals surface area contributed by atoms with Crippen LogP contribution < -0.4 is 10.1 Å². The quantitative estimate of drug-likeness (QED) is 0.853. The Kier molecular flexibility index (Phi) is 5.79. The van der Waals surface area contributed by atoms with Gasteiger partial charge in [0.2, 0.25) is 0 Å². The maximum absolute atomic E-state index is 5.44. The highest BCUT2D eigenvalue weighted by Gasteiger charge is 2.27. The Morgan fingerprint density at radius 2 is 2.15 bits per heavy atom. The summed E-state index contributed by atoms with van der Waals surface area (Å²) in [6, 6.07) is 5.01. The summed E-state index contributed by atoms with van der Waals surface area (Å²) in [5, 5.41) is 3.78. The molecule has 0 amide bonds. The first-order chi connectivity index (χ1) is 9.67. The van der Waals surface area contributed by atoms with E-state index >= 15 is 0 Å². The third kappa shape index (κ3) is 3.50. The summed E-state index contributed by atoms with van der Waals surface area (Å²) >= 11 is 2.09. The third-order valence-corrected chi connectivity index (χ3v) is 5.36. The number of ether oxygens (including phenoxy) is 1. The highest BCUT2D eigenvalue weighted by atomic mass is 32.2. The number of rotatable bonds is 6. The Hall–Kier alpha value is -0.670. The molecular weight excluding hydrogens is 266 g/mol. The van der Waals surface area contributed by atoms with Crippen molar-refractivity contribution in [2.75, 3.05) is 25.2 Å². The van der Waals surface area contributed by atoms with Crippen LogP contribution in [0.15, 0.2) is 12.1 Å². The fourth-order valence-corrected chi connectivity index (χ4v) is 4.31. The molecule has 2 atom stereocenters. The lowest BCUT2D eigenvalue weighted by Gasteiger charge is -2.27. The maximum atomic E-state index is 5.44. The molecule has 3 heteroatoms. The molecule has 0 bridgehead atoms. The first-order valence-corrected chi connectivity index (χ1v) is 8.79. The third-order valence-electron chi connectivity index (χ3n) is 4.17. The Morgan fingerprint density at radius 1 is 1.35 bits per heavy atom. The van der Waals surface area contributed by atoms with Gasteiger partial charge in [-0.15, -0.1) is 0 Å². The van der Waals surface area contributed by atoms with Gasteiger partial charge in [0.05, 0.1) is 7.11 Å². The Labute approximate surface area is 127 Å². The average Bonchev–Trinajstić information content (AvgIpc) is 2.96. The molecule has 1 N–H and O–H groups in total. The standard InChI is InChI=1S/C17H27NOS/c1-5-7-18-17(14-6-8-20-11-14)15-9-13(3)16(19-4)10-12(15)2/h9-10,14,17-18H,5-8,11H2,1-4H3. The van der Waals surface area contributed by atoms with Crippen LogP contribution in [-0.2, 0) is 0 Å². The molecule has 1 aromatic rings. The van der Waals surface area contributed by atoms with E-state index in [9.17, 15) is 0 Å². The number of nitrogens with one attached hydrogen (secondary N) is 1. The van der Waals surface area contributed by atoms with Crippen molar-refractivity contribution in [3.8, 4) is 5.75 Å². The Morgan fingerprint density at radius 3 is 2.75 bits per heavy atom. The minimum absolute atomic E-state index is 0.495. The van der Waals surface area contributed by atoms with Gasteiger partial charge in [-0.3, -0.25) is 0 Å². The van der Waals surface area contributed by atoms with Crippen molar-refractivity contribution in [1.29, 1.82) is 0 Å². The van der Waals surface area contributed by atoms with Crippen LogP contribution in [0, 0.1) is 19.8 Å². The van der Waals surface area contributed by atoms with E-state index in [1.807, 2.05) is 0 Å². The SMILES string of the molecule is CCCNC(c1cc(C)c(OC)cc1C)C1CCSC1. The topological polar surface area (TPSA) is 21.3 Å². The minimum atomic E-state index is 0.495. The molecule has 1 heterocycles. The van der Waals surface area contributed by atoms with Gasteiger partial charge in [0.1, 0.15) is 5.75 Å². The van der Waals surface area contributed by atoms with Crippen LogP contribution >= 0.6 is 11.8 Å². The summed E-state index contributed by atoms with van der Waals surface area (Å²) in [7, 11) is 1.75. The molecule has 112 valence electrons. The first kappa shape index (κ1) is 15.7. The number of hydrogen-bond donors (Lipinski definition) is 1. The number of thioether (sulfide) groups is 1. The largest absolute Gasteiger partial charge is 0.496 e. The van der Waals surface area contributed by atoms with E-state index in [0.29, 0.717) is 6.04 Å². The van der Waals surface area contributed by atoms with Gasteiger partial charge in [-0.1, -0.05) is 13.0 Å². The van der Waals surface area contributed by atoms with E-state index in [4.69, 9.17) is 4.74 Å². The number of aryl methyl sites for hydroxylation is 2. The van der Waals surface area contributed by atoms with E-state index in [2.05, 4.69) is 50.0 Å². The molecule has 1 aromatic carbocycles. The summed E-state index contributed by atoms with van der Waals surface area (Å²) < 4.78 is 5.44. The van der Waals surface area contributed by atoms with Gasteiger partial charge in [0, 0.05) is 6.04 Å². The van der Waals surface area contributed by atoms with Gasteiger partial charge in [0.15, 0.2) is 0 Å². The molecule has 0 saturated carbocycles. The average molecular weight is 293 g/mol. The van der Waals surface area contributed by atoms with Crippen molar-refractivity contribution >= 4 is 11.8 Å². The van der Waals surface area contributed by atoms with Crippen molar-refractivity contribution in [3.63, 3.8) is 0 Å². The van der Waals surface area contributed by atoms with Crippen molar-refractivity contribution in [2.24, 2.45) is 5.92 Å². The van der Waals surface area contributed by atoms with Gasteiger partial charge in [-0.25, -0.2) is 0 Å². The molecule has 1 aliphatic heterocycles. The summed E-state index contributed by atoms with van der Waals surface area (Å²) in [6.45, 7) is 7.68. The Bertz CT molecular complexity index is 441. The number of methoxy groups -OCH3 is 1. The lowest BCUT2D eigenvalue weighted by atomic mass is 9.88. The molecule has 1 aliphatic rings. The molecule has 0 radical (unpaired) electrons. The molecule has 0 aromatic heterocycles. The maximum Gasteiger partial charge on any atom is 0.122 e. The second-order valence-electron chi connectivity index (χ2n) is 5.73. The van der Waals surface area contributed by atoms with Crippen LogP contribution in [0.4, 0.5) is 0 Å². The second kappa shape index (κ2) is 7.37. The van der Waals surface area contributed by atoms with Crippen molar-refractivity contribution in [3.05, 3.63) is 28.8 Å². The molecule has 1 fully saturated rings. The van der Waals surface area contributed by atoms with Crippen LogP contribution in [0.5, 0.6) is 5.75 Å². The Balaban J connectivity index is 2.29.